The highest BCUT2D eigenvalue weighted by Crippen LogP contribution is 2.30. The van der Waals surface area contributed by atoms with Gasteiger partial charge in [-0.15, -0.1) is 0 Å². The van der Waals surface area contributed by atoms with Crippen molar-refractivity contribution < 1.29 is 22.7 Å². The van der Waals surface area contributed by atoms with Crippen molar-refractivity contribution >= 4 is 21.6 Å². The number of carbonyl (C=O) groups is 1. The van der Waals surface area contributed by atoms with Crippen LogP contribution in [0.3, 0.4) is 0 Å². The van der Waals surface area contributed by atoms with E-state index in [4.69, 9.17) is 9.47 Å². The Hall–Kier alpha value is -2.58. The van der Waals surface area contributed by atoms with E-state index in [9.17, 15) is 13.2 Å². The van der Waals surface area contributed by atoms with E-state index in [1.54, 1.807) is 18.2 Å². The van der Waals surface area contributed by atoms with Crippen LogP contribution in [0.15, 0.2) is 47.4 Å². The first-order valence-electron chi connectivity index (χ1n) is 7.83. The molecule has 0 saturated heterocycles. The van der Waals surface area contributed by atoms with Crippen LogP contribution in [-0.2, 0) is 21.4 Å². The highest BCUT2D eigenvalue weighted by molar-refractivity contribution is 7.89. The zero-order valence-corrected chi connectivity index (χ0v) is 16.0. The molecular weight excluding hydrogens is 356 g/mol. The summed E-state index contributed by atoms with van der Waals surface area (Å²) in [6.07, 6.45) is 0. The summed E-state index contributed by atoms with van der Waals surface area (Å²) >= 11 is 0. The lowest BCUT2D eigenvalue weighted by Gasteiger charge is -2.20. The number of hydrogen-bond acceptors (Lipinski definition) is 5. The lowest BCUT2D eigenvalue weighted by Crippen LogP contribution is -2.27. The Balaban J connectivity index is 2.40. The molecule has 0 bridgehead atoms. The molecule has 0 fully saturated rings. The van der Waals surface area contributed by atoms with Crippen LogP contribution in [0.5, 0.6) is 11.5 Å². The highest BCUT2D eigenvalue weighted by atomic mass is 32.2. The van der Waals surface area contributed by atoms with E-state index in [1.165, 1.54) is 44.6 Å². The second kappa shape index (κ2) is 8.20. The topological polar surface area (TPSA) is 84.9 Å². The van der Waals surface area contributed by atoms with Crippen molar-refractivity contribution in [2.45, 2.75) is 18.4 Å². The van der Waals surface area contributed by atoms with Gasteiger partial charge in [-0.25, -0.2) is 8.42 Å². The molecule has 2 aromatic rings. The second-order valence-electron chi connectivity index (χ2n) is 5.62. The molecule has 0 heterocycles. The fourth-order valence-electron chi connectivity index (χ4n) is 2.49. The maximum atomic E-state index is 13.0. The van der Waals surface area contributed by atoms with Gasteiger partial charge in [0.15, 0.2) is 0 Å². The molecule has 0 radical (unpaired) electrons. The fourth-order valence-corrected chi connectivity index (χ4v) is 3.81. The third-order valence-electron chi connectivity index (χ3n) is 3.76. The normalized spacial score (nSPS) is 11.3. The molecule has 2 rings (SSSR count). The van der Waals surface area contributed by atoms with Crippen LogP contribution in [0.2, 0.25) is 0 Å². The zero-order chi connectivity index (χ0) is 19.3. The summed E-state index contributed by atoms with van der Waals surface area (Å²) in [5, 5.41) is 2.58. The van der Waals surface area contributed by atoms with Crippen LogP contribution in [0.1, 0.15) is 12.5 Å². The van der Waals surface area contributed by atoms with Crippen LogP contribution in [0, 0.1) is 0 Å². The average molecular weight is 378 g/mol. The number of hydrogen-bond donors (Lipinski definition) is 1. The minimum atomic E-state index is -3.86. The Labute approximate surface area is 153 Å². The zero-order valence-electron chi connectivity index (χ0n) is 15.1. The summed E-state index contributed by atoms with van der Waals surface area (Å²) in [6, 6.07) is 11.7. The third-order valence-corrected chi connectivity index (χ3v) is 5.58. The monoisotopic (exact) mass is 378 g/mol. The number of methoxy groups -OCH3 is 2. The average Bonchev–Trinajstić information content (AvgIpc) is 2.61. The minimum Gasteiger partial charge on any atom is -0.496 e. The number of ether oxygens (including phenoxy) is 2. The van der Waals surface area contributed by atoms with Crippen LogP contribution < -0.4 is 14.8 Å². The molecule has 0 aliphatic rings. The van der Waals surface area contributed by atoms with E-state index in [0.29, 0.717) is 11.4 Å². The molecule has 140 valence electrons. The quantitative estimate of drug-likeness (QED) is 0.800. The molecule has 0 atom stereocenters. The Morgan fingerprint density at radius 1 is 1.08 bits per heavy atom. The summed E-state index contributed by atoms with van der Waals surface area (Å²) in [7, 11) is 0.547. The van der Waals surface area contributed by atoms with Gasteiger partial charge in [0.2, 0.25) is 15.9 Å². The van der Waals surface area contributed by atoms with Gasteiger partial charge in [-0.2, -0.15) is 4.31 Å². The molecule has 8 heteroatoms. The molecule has 0 aliphatic heterocycles. The van der Waals surface area contributed by atoms with Gasteiger partial charge in [-0.05, 0) is 24.3 Å². The lowest BCUT2D eigenvalue weighted by molar-refractivity contribution is -0.114. The molecule has 1 amide bonds. The number of rotatable bonds is 7. The van der Waals surface area contributed by atoms with Gasteiger partial charge in [0, 0.05) is 31.8 Å². The molecule has 0 spiro atoms. The van der Waals surface area contributed by atoms with Crippen molar-refractivity contribution in [3.63, 3.8) is 0 Å². The summed E-state index contributed by atoms with van der Waals surface area (Å²) in [5.74, 6) is 0.514. The van der Waals surface area contributed by atoms with E-state index in [-0.39, 0.29) is 23.1 Å². The van der Waals surface area contributed by atoms with Crippen LogP contribution in [0.4, 0.5) is 5.69 Å². The molecule has 2 aromatic carbocycles. The summed E-state index contributed by atoms with van der Waals surface area (Å²) < 4.78 is 37.8. The van der Waals surface area contributed by atoms with Crippen LogP contribution >= 0.6 is 0 Å². The second-order valence-corrected chi connectivity index (χ2v) is 7.63. The van der Waals surface area contributed by atoms with Crippen molar-refractivity contribution in [2.24, 2.45) is 0 Å². The predicted molar refractivity (Wildman–Crippen MR) is 98.9 cm³/mol. The predicted octanol–water partition coefficient (Wildman–Crippen LogP) is 2.48. The number of amides is 1. The van der Waals surface area contributed by atoms with Crippen molar-refractivity contribution in [1.82, 2.24) is 4.31 Å². The largest absolute Gasteiger partial charge is 0.496 e. The fraction of sp³-hybridized carbons (Fsp3) is 0.278. The van der Waals surface area contributed by atoms with E-state index in [1.807, 2.05) is 12.1 Å². The number of benzene rings is 2. The number of nitrogens with one attached hydrogen (secondary N) is 1. The molecule has 0 saturated carbocycles. The Bertz CT molecular complexity index is 896. The summed E-state index contributed by atoms with van der Waals surface area (Å²) in [5.41, 5.74) is 1.11. The first-order chi connectivity index (χ1) is 12.3. The van der Waals surface area contributed by atoms with Gasteiger partial charge in [0.1, 0.15) is 16.4 Å². The van der Waals surface area contributed by atoms with Gasteiger partial charge in [0.05, 0.1) is 14.2 Å². The molecule has 7 nitrogen and oxygen atoms in total. The number of anilines is 1. The number of carbonyl (C=O) groups excluding carboxylic acids is 1. The molecule has 0 unspecified atom stereocenters. The van der Waals surface area contributed by atoms with Crippen molar-refractivity contribution in [2.75, 3.05) is 26.6 Å². The first kappa shape index (κ1) is 19.7. The Morgan fingerprint density at radius 3 is 2.35 bits per heavy atom. The van der Waals surface area contributed by atoms with E-state index < -0.39 is 10.0 Å². The lowest BCUT2D eigenvalue weighted by atomic mass is 10.2. The maximum absolute atomic E-state index is 13.0. The summed E-state index contributed by atoms with van der Waals surface area (Å²) in [6.45, 7) is 1.48. The van der Waals surface area contributed by atoms with Crippen LogP contribution in [0.25, 0.3) is 0 Å². The minimum absolute atomic E-state index is 0.0244. The number of nitrogens with zero attached hydrogens (tertiary/aromatic N) is 1. The standard InChI is InChI=1S/C18H22N2O5S/c1-13(21)19-15-9-10-17(25-4)18(11-15)26(22,23)20(2)12-14-7-5-6-8-16(14)24-3/h5-11H,12H2,1-4H3,(H,19,21). The highest BCUT2D eigenvalue weighted by Gasteiger charge is 2.26. The Kier molecular flexibility index (Phi) is 6.23. The number of sulfonamides is 1. The van der Waals surface area contributed by atoms with Crippen molar-refractivity contribution in [1.29, 1.82) is 0 Å². The summed E-state index contributed by atoms with van der Waals surface area (Å²) in [4.78, 5) is 11.2. The molecule has 1 N–H and O–H groups in total. The van der Waals surface area contributed by atoms with Crippen molar-refractivity contribution in [3.05, 3.63) is 48.0 Å². The van der Waals surface area contributed by atoms with Gasteiger partial charge >= 0.3 is 0 Å². The maximum Gasteiger partial charge on any atom is 0.246 e. The SMILES string of the molecule is COc1ccccc1CN(C)S(=O)(=O)c1cc(NC(C)=O)ccc1OC. The van der Waals surface area contributed by atoms with E-state index in [0.717, 1.165) is 5.56 Å². The first-order valence-corrected chi connectivity index (χ1v) is 9.27. The van der Waals surface area contributed by atoms with E-state index >= 15 is 0 Å². The molecule has 26 heavy (non-hydrogen) atoms. The van der Waals surface area contributed by atoms with Crippen LogP contribution in [-0.4, -0.2) is 39.9 Å². The smallest absolute Gasteiger partial charge is 0.246 e. The third kappa shape index (κ3) is 4.33. The van der Waals surface area contributed by atoms with Gasteiger partial charge in [0.25, 0.3) is 0 Å². The van der Waals surface area contributed by atoms with Gasteiger partial charge in [-0.1, -0.05) is 18.2 Å². The van der Waals surface area contributed by atoms with E-state index in [2.05, 4.69) is 5.32 Å². The molecular formula is C18H22N2O5S. The Morgan fingerprint density at radius 2 is 1.73 bits per heavy atom. The molecule has 0 aliphatic carbocycles. The number of para-hydroxylation sites is 1. The molecule has 0 aromatic heterocycles. The van der Waals surface area contributed by atoms with Crippen molar-refractivity contribution in [3.8, 4) is 11.5 Å². The van der Waals surface area contributed by atoms with Gasteiger partial charge in [-0.3, -0.25) is 4.79 Å². The van der Waals surface area contributed by atoms with Gasteiger partial charge < -0.3 is 14.8 Å².